The van der Waals surface area contributed by atoms with Crippen molar-refractivity contribution >= 4 is 11.8 Å². The van der Waals surface area contributed by atoms with Crippen LogP contribution in [0.1, 0.15) is 44.9 Å². The van der Waals surface area contributed by atoms with Gasteiger partial charge in [-0.2, -0.15) is 0 Å². The number of carbonyl (C=O) groups excluding carboxylic acids is 2. The summed E-state index contributed by atoms with van der Waals surface area (Å²) in [6, 6.07) is 11.2. The van der Waals surface area contributed by atoms with E-state index >= 15 is 0 Å². The van der Waals surface area contributed by atoms with Crippen LogP contribution in [0.5, 0.6) is 5.75 Å². The molecule has 2 heterocycles. The Morgan fingerprint density at radius 3 is 2.62 bits per heavy atom. The summed E-state index contributed by atoms with van der Waals surface area (Å²) >= 11 is 0. The minimum Gasteiger partial charge on any atom is -0.497 e. The van der Waals surface area contributed by atoms with E-state index in [9.17, 15) is 9.59 Å². The maximum absolute atomic E-state index is 12.9. The Morgan fingerprint density at radius 1 is 1.17 bits per heavy atom. The molecule has 2 aliphatic rings. The normalized spacial score (nSPS) is 23.1. The first-order valence-electron chi connectivity index (χ1n) is 9.78. The minimum absolute atomic E-state index is 0.116. The molecule has 7 nitrogen and oxygen atoms in total. The van der Waals surface area contributed by atoms with Gasteiger partial charge in [-0.15, -0.1) is 0 Å². The van der Waals surface area contributed by atoms with Crippen LogP contribution in [0.25, 0.3) is 0 Å². The highest BCUT2D eigenvalue weighted by Crippen LogP contribution is 2.44. The summed E-state index contributed by atoms with van der Waals surface area (Å²) in [5.74, 6) is 0.947. The van der Waals surface area contributed by atoms with Crippen LogP contribution in [-0.4, -0.2) is 50.2 Å². The van der Waals surface area contributed by atoms with Gasteiger partial charge >= 0.3 is 0 Å². The summed E-state index contributed by atoms with van der Waals surface area (Å²) in [5, 5.41) is 5.67. The number of methoxy groups -OCH3 is 1. The molecule has 1 saturated heterocycles. The standard InChI is InChI=1S/C22H25N3O4/c1-12(13-5-4-6-15(7-13)28-3)18-8-14(9-19(24-18)22(27)23-2)21(26)25-20-16-10-29-11-17(16)20/h4-9,12,16-17,20H,10-11H2,1-3H3,(H,23,27)(H,25,26)/t12?,16-,17+,20+. The van der Waals surface area contributed by atoms with E-state index in [4.69, 9.17) is 9.47 Å². The van der Waals surface area contributed by atoms with Crippen LogP contribution in [0.3, 0.4) is 0 Å². The van der Waals surface area contributed by atoms with Crippen molar-refractivity contribution in [1.82, 2.24) is 15.6 Å². The third-order valence-corrected chi connectivity index (χ3v) is 5.85. The largest absolute Gasteiger partial charge is 0.497 e. The average molecular weight is 395 g/mol. The van der Waals surface area contributed by atoms with Crippen molar-refractivity contribution < 1.29 is 19.1 Å². The molecule has 29 heavy (non-hydrogen) atoms. The summed E-state index contributed by atoms with van der Waals surface area (Å²) in [5.41, 5.74) is 2.31. The number of ether oxygens (including phenoxy) is 2. The molecule has 0 spiro atoms. The van der Waals surface area contributed by atoms with Gasteiger partial charge in [0, 0.05) is 42.1 Å². The van der Waals surface area contributed by atoms with Crippen molar-refractivity contribution in [3.63, 3.8) is 0 Å². The molecule has 1 aromatic heterocycles. The Kier molecular flexibility index (Phi) is 5.24. The Bertz CT molecular complexity index is 935. The van der Waals surface area contributed by atoms with Crippen LogP contribution in [-0.2, 0) is 4.74 Å². The summed E-state index contributed by atoms with van der Waals surface area (Å²) in [7, 11) is 3.17. The second-order valence-corrected chi connectivity index (χ2v) is 7.61. The monoisotopic (exact) mass is 395 g/mol. The van der Waals surface area contributed by atoms with Crippen LogP contribution in [0, 0.1) is 11.8 Å². The third kappa shape index (κ3) is 3.82. The molecule has 1 aliphatic carbocycles. The quantitative estimate of drug-likeness (QED) is 0.781. The van der Waals surface area contributed by atoms with Gasteiger partial charge in [0.2, 0.25) is 0 Å². The number of aromatic nitrogens is 1. The molecule has 7 heteroatoms. The maximum Gasteiger partial charge on any atom is 0.269 e. The molecule has 4 atom stereocenters. The van der Waals surface area contributed by atoms with Crippen molar-refractivity contribution in [2.45, 2.75) is 18.9 Å². The molecule has 1 aromatic carbocycles. The number of nitrogens with zero attached hydrogens (tertiary/aromatic N) is 1. The minimum atomic E-state index is -0.324. The number of fused-ring (bicyclic) bond motifs is 1. The molecule has 152 valence electrons. The zero-order valence-corrected chi connectivity index (χ0v) is 16.8. The number of pyridine rings is 1. The molecular formula is C22H25N3O4. The number of rotatable bonds is 6. The van der Waals surface area contributed by atoms with Gasteiger partial charge in [-0.05, 0) is 29.8 Å². The molecule has 0 radical (unpaired) electrons. The van der Waals surface area contributed by atoms with Crippen LogP contribution < -0.4 is 15.4 Å². The molecule has 4 rings (SSSR count). The lowest BCUT2D eigenvalue weighted by atomic mass is 9.95. The molecule has 2 amide bonds. The van der Waals surface area contributed by atoms with Gasteiger partial charge in [-0.3, -0.25) is 9.59 Å². The highest BCUT2D eigenvalue weighted by Gasteiger charge is 2.54. The smallest absolute Gasteiger partial charge is 0.269 e. The Balaban J connectivity index is 1.63. The lowest BCUT2D eigenvalue weighted by Gasteiger charge is -2.16. The molecule has 0 bridgehead atoms. The molecule has 1 aliphatic heterocycles. The fraction of sp³-hybridized carbons (Fsp3) is 0.409. The fourth-order valence-corrected chi connectivity index (χ4v) is 3.92. The van der Waals surface area contributed by atoms with Crippen LogP contribution in [0.15, 0.2) is 36.4 Å². The zero-order valence-electron chi connectivity index (χ0n) is 16.8. The van der Waals surface area contributed by atoms with E-state index in [-0.39, 0.29) is 29.5 Å². The SMILES string of the molecule is CNC(=O)c1cc(C(=O)N[C@H]2[C@@H]3COC[C@@H]32)cc(C(C)c2cccc(OC)c2)n1. The van der Waals surface area contributed by atoms with E-state index in [1.165, 1.54) is 0 Å². The summed E-state index contributed by atoms with van der Waals surface area (Å²) in [6.45, 7) is 3.40. The third-order valence-electron chi connectivity index (χ3n) is 5.85. The van der Waals surface area contributed by atoms with Gasteiger partial charge in [0.15, 0.2) is 0 Å². The zero-order chi connectivity index (χ0) is 20.5. The van der Waals surface area contributed by atoms with Crippen molar-refractivity contribution in [3.05, 3.63) is 58.9 Å². The van der Waals surface area contributed by atoms with Crippen LogP contribution in [0.4, 0.5) is 0 Å². The van der Waals surface area contributed by atoms with Gasteiger partial charge in [0.1, 0.15) is 11.4 Å². The van der Waals surface area contributed by atoms with Crippen molar-refractivity contribution in [2.24, 2.45) is 11.8 Å². The van der Waals surface area contributed by atoms with Crippen LogP contribution >= 0.6 is 0 Å². The highest BCUT2D eigenvalue weighted by molar-refractivity contribution is 5.99. The lowest BCUT2D eigenvalue weighted by molar-refractivity contribution is 0.0928. The second kappa shape index (κ2) is 7.83. The lowest BCUT2D eigenvalue weighted by Crippen LogP contribution is -2.30. The van der Waals surface area contributed by atoms with E-state index < -0.39 is 0 Å². The number of nitrogens with one attached hydrogen (secondary N) is 2. The van der Waals surface area contributed by atoms with E-state index in [0.717, 1.165) is 11.3 Å². The average Bonchev–Trinajstić information content (AvgIpc) is 3.17. The van der Waals surface area contributed by atoms with Crippen LogP contribution in [0.2, 0.25) is 0 Å². The van der Waals surface area contributed by atoms with Gasteiger partial charge < -0.3 is 20.1 Å². The molecule has 2 N–H and O–H groups in total. The molecule has 2 fully saturated rings. The van der Waals surface area contributed by atoms with Crippen molar-refractivity contribution in [1.29, 1.82) is 0 Å². The molecule has 1 saturated carbocycles. The van der Waals surface area contributed by atoms with Crippen molar-refractivity contribution in [3.8, 4) is 5.75 Å². The second-order valence-electron chi connectivity index (χ2n) is 7.61. The van der Waals surface area contributed by atoms with Gasteiger partial charge in [-0.1, -0.05) is 19.1 Å². The van der Waals surface area contributed by atoms with E-state index in [1.54, 1.807) is 26.3 Å². The van der Waals surface area contributed by atoms with E-state index in [1.807, 2.05) is 31.2 Å². The maximum atomic E-state index is 12.9. The first kappa shape index (κ1) is 19.4. The Hall–Kier alpha value is -2.93. The number of hydrogen-bond acceptors (Lipinski definition) is 5. The van der Waals surface area contributed by atoms with E-state index in [2.05, 4.69) is 15.6 Å². The predicted molar refractivity (Wildman–Crippen MR) is 107 cm³/mol. The number of amides is 2. The number of benzene rings is 1. The summed E-state index contributed by atoms with van der Waals surface area (Å²) < 4.78 is 10.7. The fourth-order valence-electron chi connectivity index (χ4n) is 3.92. The summed E-state index contributed by atoms with van der Waals surface area (Å²) in [4.78, 5) is 29.6. The van der Waals surface area contributed by atoms with Gasteiger partial charge in [0.05, 0.1) is 20.3 Å². The topological polar surface area (TPSA) is 89.6 Å². The summed E-state index contributed by atoms with van der Waals surface area (Å²) in [6.07, 6.45) is 0. The first-order chi connectivity index (χ1) is 14.0. The molecule has 2 aromatic rings. The predicted octanol–water partition coefficient (Wildman–Crippen LogP) is 1.98. The molecular weight excluding hydrogens is 370 g/mol. The highest BCUT2D eigenvalue weighted by atomic mass is 16.5. The van der Waals surface area contributed by atoms with Gasteiger partial charge in [0.25, 0.3) is 11.8 Å². The first-order valence-corrected chi connectivity index (χ1v) is 9.78. The van der Waals surface area contributed by atoms with Crippen molar-refractivity contribution in [2.75, 3.05) is 27.4 Å². The molecule has 1 unspecified atom stereocenters. The number of carbonyl (C=O) groups is 2. The Labute approximate surface area is 169 Å². The van der Waals surface area contributed by atoms with E-state index in [0.29, 0.717) is 36.3 Å². The Morgan fingerprint density at radius 2 is 1.93 bits per heavy atom. The number of hydrogen-bond donors (Lipinski definition) is 2. The van der Waals surface area contributed by atoms with Gasteiger partial charge in [-0.25, -0.2) is 4.98 Å².